The van der Waals surface area contributed by atoms with Gasteiger partial charge < -0.3 is 9.47 Å². The highest BCUT2D eigenvalue weighted by Gasteiger charge is 2.61. The molecule has 5 aliphatic rings. The zero-order chi connectivity index (χ0) is 24.8. The van der Waals surface area contributed by atoms with Crippen LogP contribution in [0.4, 0.5) is 0 Å². The molecule has 0 amide bonds. The first-order valence-corrected chi connectivity index (χ1v) is 15.2. The third-order valence-corrected chi connectivity index (χ3v) is 11.6. The molecular weight excluding hydrogens is 432 g/mol. The molecule has 0 spiro atoms. The molecule has 4 fully saturated rings. The zero-order valence-electron chi connectivity index (χ0n) is 23.3. The second-order valence-electron chi connectivity index (χ2n) is 14.1. The minimum atomic E-state index is -0.0286. The molecule has 0 aromatic rings. The fraction of sp³-hybridized carbons (Fsp3) is 0.906. The van der Waals surface area contributed by atoms with E-state index in [2.05, 4.69) is 40.7 Å². The van der Waals surface area contributed by atoms with Crippen molar-refractivity contribution in [2.45, 2.75) is 130 Å². The summed E-state index contributed by atoms with van der Waals surface area (Å²) in [6.45, 7) is 13.1. The van der Waals surface area contributed by atoms with Gasteiger partial charge in [-0.15, -0.1) is 0 Å². The van der Waals surface area contributed by atoms with Gasteiger partial charge in [-0.3, -0.25) is 4.79 Å². The predicted octanol–water partition coefficient (Wildman–Crippen LogP) is 8.12. The molecule has 8 unspecified atom stereocenters. The van der Waals surface area contributed by atoms with E-state index in [-0.39, 0.29) is 23.7 Å². The number of hydrogen-bond acceptors (Lipinski definition) is 3. The van der Waals surface area contributed by atoms with Crippen molar-refractivity contribution in [1.82, 2.24) is 0 Å². The number of ether oxygens (including phenoxy) is 2. The average molecular weight is 485 g/mol. The Labute approximate surface area is 215 Å². The van der Waals surface area contributed by atoms with Crippen LogP contribution < -0.4 is 0 Å². The molecule has 3 heteroatoms. The second-order valence-corrected chi connectivity index (χ2v) is 14.1. The highest BCUT2D eigenvalue weighted by Crippen LogP contribution is 2.66. The second kappa shape index (κ2) is 10.2. The standard InChI is InChI=1S/C32H52O3/c1-21(2)9-8-10-22(3)25-12-13-26-30-27(15-17-32(25,26)5)31(4)16-14-24(19-23(31)20-28(30)33)35-29-11-6-7-18-34-29/h20-22,24-27,29-30H,6-19H2,1-5H3/t22-,24?,25?,26?,27?,29?,30?,31?,32?/m1/s1. The van der Waals surface area contributed by atoms with Crippen LogP contribution in [0.25, 0.3) is 0 Å². The molecule has 1 heterocycles. The van der Waals surface area contributed by atoms with Crippen molar-refractivity contribution in [2.75, 3.05) is 6.61 Å². The Kier molecular flexibility index (Phi) is 7.59. The van der Waals surface area contributed by atoms with E-state index in [0.29, 0.717) is 23.0 Å². The monoisotopic (exact) mass is 484 g/mol. The molecule has 35 heavy (non-hydrogen) atoms. The summed E-state index contributed by atoms with van der Waals surface area (Å²) in [6.07, 6.45) is 18.2. The molecule has 3 nitrogen and oxygen atoms in total. The largest absolute Gasteiger partial charge is 0.353 e. The van der Waals surface area contributed by atoms with E-state index in [4.69, 9.17) is 9.47 Å². The van der Waals surface area contributed by atoms with E-state index in [1.54, 1.807) is 0 Å². The third-order valence-electron chi connectivity index (χ3n) is 11.6. The van der Waals surface area contributed by atoms with Crippen LogP contribution >= 0.6 is 0 Å². The molecule has 1 aliphatic heterocycles. The van der Waals surface area contributed by atoms with Crippen molar-refractivity contribution in [1.29, 1.82) is 0 Å². The normalized spacial score (nSPS) is 44.4. The fourth-order valence-electron chi connectivity index (χ4n) is 9.54. The number of carbonyl (C=O) groups excluding carboxylic acids is 1. The van der Waals surface area contributed by atoms with Crippen LogP contribution in [0.3, 0.4) is 0 Å². The Morgan fingerprint density at radius 3 is 2.57 bits per heavy atom. The summed E-state index contributed by atoms with van der Waals surface area (Å²) in [7, 11) is 0. The number of fused-ring (bicyclic) bond motifs is 5. The van der Waals surface area contributed by atoms with Crippen LogP contribution in [0.1, 0.15) is 118 Å². The lowest BCUT2D eigenvalue weighted by atomic mass is 9.46. The summed E-state index contributed by atoms with van der Waals surface area (Å²) in [5, 5.41) is 0. The topological polar surface area (TPSA) is 35.5 Å². The van der Waals surface area contributed by atoms with Crippen molar-refractivity contribution in [3.63, 3.8) is 0 Å². The van der Waals surface area contributed by atoms with E-state index in [9.17, 15) is 4.79 Å². The third kappa shape index (κ3) is 4.83. The molecule has 0 N–H and O–H groups in total. The minimum Gasteiger partial charge on any atom is -0.353 e. The summed E-state index contributed by atoms with van der Waals surface area (Å²) in [4.78, 5) is 13.8. The number of ketones is 1. The van der Waals surface area contributed by atoms with E-state index >= 15 is 0 Å². The molecule has 9 atom stereocenters. The molecular formula is C32H52O3. The van der Waals surface area contributed by atoms with Crippen LogP contribution in [0, 0.1) is 46.3 Å². The lowest BCUT2D eigenvalue weighted by Gasteiger charge is -2.57. The number of hydrogen-bond donors (Lipinski definition) is 0. The van der Waals surface area contributed by atoms with Crippen molar-refractivity contribution in [3.05, 3.63) is 11.6 Å². The van der Waals surface area contributed by atoms with Crippen LogP contribution in [0.15, 0.2) is 11.6 Å². The molecule has 198 valence electrons. The molecule has 0 aromatic carbocycles. The maximum atomic E-state index is 13.8. The smallest absolute Gasteiger partial charge is 0.159 e. The van der Waals surface area contributed by atoms with E-state index in [1.807, 2.05) is 0 Å². The van der Waals surface area contributed by atoms with Gasteiger partial charge in [-0.2, -0.15) is 0 Å². The Morgan fingerprint density at radius 2 is 1.83 bits per heavy atom. The highest BCUT2D eigenvalue weighted by atomic mass is 16.7. The molecule has 5 rings (SSSR count). The summed E-state index contributed by atoms with van der Waals surface area (Å²) in [6, 6.07) is 0. The van der Waals surface area contributed by atoms with Crippen molar-refractivity contribution in [2.24, 2.45) is 46.3 Å². The van der Waals surface area contributed by atoms with Gasteiger partial charge in [-0.05, 0) is 111 Å². The van der Waals surface area contributed by atoms with E-state index in [0.717, 1.165) is 50.0 Å². The molecule has 3 saturated carbocycles. The van der Waals surface area contributed by atoms with Gasteiger partial charge >= 0.3 is 0 Å². The van der Waals surface area contributed by atoms with Crippen molar-refractivity contribution < 1.29 is 14.3 Å². The maximum absolute atomic E-state index is 13.8. The Balaban J connectivity index is 1.29. The number of allylic oxidation sites excluding steroid dienone is 1. The van der Waals surface area contributed by atoms with Crippen LogP contribution in [0.5, 0.6) is 0 Å². The Morgan fingerprint density at radius 1 is 1.00 bits per heavy atom. The van der Waals surface area contributed by atoms with Gasteiger partial charge in [0.2, 0.25) is 0 Å². The first-order valence-electron chi connectivity index (χ1n) is 15.2. The van der Waals surface area contributed by atoms with Crippen molar-refractivity contribution in [3.8, 4) is 0 Å². The number of carbonyl (C=O) groups is 1. The lowest BCUT2D eigenvalue weighted by molar-refractivity contribution is -0.195. The van der Waals surface area contributed by atoms with Gasteiger partial charge in [0.25, 0.3) is 0 Å². The van der Waals surface area contributed by atoms with Gasteiger partial charge in [-0.25, -0.2) is 0 Å². The first kappa shape index (κ1) is 26.0. The zero-order valence-corrected chi connectivity index (χ0v) is 23.3. The van der Waals surface area contributed by atoms with Crippen LogP contribution in [-0.4, -0.2) is 24.8 Å². The Bertz CT molecular complexity index is 795. The predicted molar refractivity (Wildman–Crippen MR) is 142 cm³/mol. The molecule has 4 aliphatic carbocycles. The molecule has 0 aromatic heterocycles. The van der Waals surface area contributed by atoms with E-state index < -0.39 is 0 Å². The van der Waals surface area contributed by atoms with Gasteiger partial charge in [-0.1, -0.05) is 59.5 Å². The lowest BCUT2D eigenvalue weighted by Crippen LogP contribution is -2.54. The van der Waals surface area contributed by atoms with Gasteiger partial charge in [0.05, 0.1) is 6.10 Å². The summed E-state index contributed by atoms with van der Waals surface area (Å²) in [5.41, 5.74) is 1.94. The van der Waals surface area contributed by atoms with Gasteiger partial charge in [0, 0.05) is 12.5 Å². The summed E-state index contributed by atoms with van der Waals surface area (Å²) in [5.74, 6) is 4.24. The number of rotatable bonds is 7. The first-order chi connectivity index (χ1) is 16.7. The summed E-state index contributed by atoms with van der Waals surface area (Å²) >= 11 is 0. The van der Waals surface area contributed by atoms with Crippen molar-refractivity contribution >= 4 is 5.78 Å². The fourth-order valence-corrected chi connectivity index (χ4v) is 9.54. The van der Waals surface area contributed by atoms with Crippen LogP contribution in [0.2, 0.25) is 0 Å². The SMILES string of the molecule is CC(C)CCC[C@@H](C)C1CCC2C3C(=O)C=C4CC(OC5CCCCO5)CCC4(C)C3CCC21C. The van der Waals surface area contributed by atoms with E-state index in [1.165, 1.54) is 63.4 Å². The van der Waals surface area contributed by atoms with Crippen LogP contribution in [-0.2, 0) is 14.3 Å². The highest BCUT2D eigenvalue weighted by molar-refractivity contribution is 5.94. The molecule has 0 bridgehead atoms. The Hall–Kier alpha value is -0.670. The molecule has 0 radical (unpaired) electrons. The minimum absolute atomic E-state index is 0.0286. The quantitative estimate of drug-likeness (QED) is 0.366. The summed E-state index contributed by atoms with van der Waals surface area (Å²) < 4.78 is 12.3. The maximum Gasteiger partial charge on any atom is 0.159 e. The van der Waals surface area contributed by atoms with Gasteiger partial charge in [0.1, 0.15) is 0 Å². The average Bonchev–Trinajstić information content (AvgIpc) is 3.17. The molecule has 1 saturated heterocycles. The van der Waals surface area contributed by atoms with Gasteiger partial charge in [0.15, 0.2) is 12.1 Å².